The number of aryl methyl sites for hydroxylation is 1. The molecule has 1 unspecified atom stereocenters. The van der Waals surface area contributed by atoms with Gasteiger partial charge in [0.05, 0.1) is 18.6 Å². The van der Waals surface area contributed by atoms with E-state index in [2.05, 4.69) is 4.98 Å². The van der Waals surface area contributed by atoms with Crippen molar-refractivity contribution in [2.24, 2.45) is 5.73 Å². The van der Waals surface area contributed by atoms with Crippen molar-refractivity contribution < 1.29 is 9.90 Å². The largest absolute Gasteiger partial charge is 0.480 e. The van der Waals surface area contributed by atoms with Gasteiger partial charge in [0, 0.05) is 5.69 Å². The third-order valence-electron chi connectivity index (χ3n) is 4.20. The zero-order valence-corrected chi connectivity index (χ0v) is 11.8. The Hall–Kier alpha value is -2.14. The van der Waals surface area contributed by atoms with Crippen LogP contribution in [0.1, 0.15) is 29.8 Å². The van der Waals surface area contributed by atoms with Crippen LogP contribution in [0.5, 0.6) is 0 Å². The fourth-order valence-corrected chi connectivity index (χ4v) is 2.95. The highest BCUT2D eigenvalue weighted by atomic mass is 16.4. The highest BCUT2D eigenvalue weighted by Gasteiger charge is 2.37. The molecule has 21 heavy (non-hydrogen) atoms. The summed E-state index contributed by atoms with van der Waals surface area (Å²) < 4.78 is 1.91. The van der Waals surface area contributed by atoms with E-state index in [1.54, 1.807) is 18.5 Å². The molecule has 2 aromatic rings. The molecule has 0 fully saturated rings. The molecule has 1 aliphatic carbocycles. The summed E-state index contributed by atoms with van der Waals surface area (Å²) in [6.45, 7) is 0.203. The first-order valence-electron chi connectivity index (χ1n) is 7.22. The number of hydrogen-bond acceptors (Lipinski definition) is 3. The molecular formula is C16H19N3O2. The minimum Gasteiger partial charge on any atom is -0.480 e. The lowest BCUT2D eigenvalue weighted by molar-refractivity contribution is -0.144. The molecule has 110 valence electrons. The summed E-state index contributed by atoms with van der Waals surface area (Å²) in [5.41, 5.74) is 7.63. The monoisotopic (exact) mass is 285 g/mol. The second-order valence-corrected chi connectivity index (χ2v) is 5.62. The third-order valence-corrected chi connectivity index (χ3v) is 4.20. The van der Waals surface area contributed by atoms with E-state index in [0.717, 1.165) is 37.1 Å². The molecule has 3 rings (SSSR count). The first kappa shape index (κ1) is 13.8. The van der Waals surface area contributed by atoms with Gasteiger partial charge in [-0.2, -0.15) is 0 Å². The van der Waals surface area contributed by atoms with Gasteiger partial charge in [-0.1, -0.05) is 30.3 Å². The zero-order valence-electron chi connectivity index (χ0n) is 11.8. The van der Waals surface area contributed by atoms with Gasteiger partial charge in [0.2, 0.25) is 0 Å². The van der Waals surface area contributed by atoms with Crippen LogP contribution in [0.3, 0.4) is 0 Å². The summed E-state index contributed by atoms with van der Waals surface area (Å²) in [6.07, 6.45) is 5.91. The molecule has 5 heteroatoms. The smallest absolute Gasteiger partial charge is 0.330 e. The van der Waals surface area contributed by atoms with Crippen LogP contribution in [0.2, 0.25) is 0 Å². The molecular weight excluding hydrogens is 266 g/mol. The Morgan fingerprint density at radius 1 is 1.29 bits per heavy atom. The van der Waals surface area contributed by atoms with Gasteiger partial charge in [0.1, 0.15) is 0 Å². The molecule has 1 aromatic carbocycles. The van der Waals surface area contributed by atoms with Crippen molar-refractivity contribution >= 4 is 5.97 Å². The SMILES string of the molecule is NC(Cn1cnc2c1CCCC2)(C(=O)O)c1ccccc1. The molecule has 0 spiro atoms. The van der Waals surface area contributed by atoms with E-state index in [9.17, 15) is 9.90 Å². The van der Waals surface area contributed by atoms with Crippen LogP contribution in [-0.4, -0.2) is 20.6 Å². The predicted octanol–water partition coefficient (Wildman–Crippen LogP) is 1.70. The number of aliphatic carboxylic acids is 1. The summed E-state index contributed by atoms with van der Waals surface area (Å²) >= 11 is 0. The molecule has 5 nitrogen and oxygen atoms in total. The lowest BCUT2D eigenvalue weighted by Gasteiger charge is -2.27. The highest BCUT2D eigenvalue weighted by Crippen LogP contribution is 2.25. The molecule has 3 N–H and O–H groups in total. The van der Waals surface area contributed by atoms with E-state index in [4.69, 9.17) is 5.73 Å². The number of carboxylic acid groups (broad SMARTS) is 1. The molecule has 0 amide bonds. The third kappa shape index (κ3) is 2.45. The number of nitrogens with two attached hydrogens (primary N) is 1. The maximum atomic E-state index is 11.8. The summed E-state index contributed by atoms with van der Waals surface area (Å²) in [4.78, 5) is 16.2. The maximum absolute atomic E-state index is 11.8. The lowest BCUT2D eigenvalue weighted by atomic mass is 9.90. The Bertz CT molecular complexity index is 651. The predicted molar refractivity (Wildman–Crippen MR) is 78.8 cm³/mol. The molecule has 1 heterocycles. The molecule has 1 atom stereocenters. The first-order chi connectivity index (χ1) is 10.1. The fraction of sp³-hybridized carbons (Fsp3) is 0.375. The average Bonchev–Trinajstić information content (AvgIpc) is 2.91. The Labute approximate surface area is 123 Å². The van der Waals surface area contributed by atoms with E-state index in [1.807, 2.05) is 22.8 Å². The molecule has 1 aliphatic rings. The summed E-state index contributed by atoms with van der Waals surface area (Å²) in [5, 5.41) is 9.63. The van der Waals surface area contributed by atoms with Crippen molar-refractivity contribution in [2.75, 3.05) is 0 Å². The number of carboxylic acids is 1. The number of nitrogens with zero attached hydrogens (tertiary/aromatic N) is 2. The van der Waals surface area contributed by atoms with Gasteiger partial charge in [-0.3, -0.25) is 0 Å². The van der Waals surface area contributed by atoms with Crippen molar-refractivity contribution in [1.82, 2.24) is 9.55 Å². The second kappa shape index (κ2) is 5.33. The van der Waals surface area contributed by atoms with Gasteiger partial charge in [-0.25, -0.2) is 9.78 Å². The average molecular weight is 285 g/mol. The van der Waals surface area contributed by atoms with E-state index < -0.39 is 11.5 Å². The van der Waals surface area contributed by atoms with Crippen LogP contribution in [0.25, 0.3) is 0 Å². The van der Waals surface area contributed by atoms with Crippen LogP contribution in [-0.2, 0) is 29.7 Å². The molecule has 0 bridgehead atoms. The lowest BCUT2D eigenvalue weighted by Crippen LogP contribution is -2.48. The molecule has 0 radical (unpaired) electrons. The summed E-state index contributed by atoms with van der Waals surface area (Å²) in [5.74, 6) is -1.02. The molecule has 0 saturated carbocycles. The number of hydrogen-bond donors (Lipinski definition) is 2. The van der Waals surface area contributed by atoms with Gasteiger partial charge in [-0.15, -0.1) is 0 Å². The Morgan fingerprint density at radius 2 is 2.00 bits per heavy atom. The van der Waals surface area contributed by atoms with E-state index in [0.29, 0.717) is 5.56 Å². The van der Waals surface area contributed by atoms with Crippen molar-refractivity contribution in [2.45, 2.75) is 37.8 Å². The van der Waals surface area contributed by atoms with Crippen LogP contribution in [0.4, 0.5) is 0 Å². The Balaban J connectivity index is 1.97. The van der Waals surface area contributed by atoms with Crippen LogP contribution < -0.4 is 5.73 Å². The van der Waals surface area contributed by atoms with Gasteiger partial charge in [0.15, 0.2) is 5.54 Å². The van der Waals surface area contributed by atoms with Gasteiger partial charge < -0.3 is 15.4 Å². The molecule has 0 aliphatic heterocycles. The highest BCUT2D eigenvalue weighted by molar-refractivity contribution is 5.80. The van der Waals surface area contributed by atoms with Gasteiger partial charge in [-0.05, 0) is 31.2 Å². The number of carbonyl (C=O) groups is 1. The number of benzene rings is 1. The topological polar surface area (TPSA) is 81.1 Å². The normalized spacial score (nSPS) is 17.0. The van der Waals surface area contributed by atoms with Gasteiger partial charge in [0.25, 0.3) is 0 Å². The van der Waals surface area contributed by atoms with Crippen LogP contribution in [0, 0.1) is 0 Å². The van der Waals surface area contributed by atoms with E-state index in [1.165, 1.54) is 0 Å². The van der Waals surface area contributed by atoms with Crippen LogP contribution >= 0.6 is 0 Å². The number of aromatic nitrogens is 2. The van der Waals surface area contributed by atoms with Gasteiger partial charge >= 0.3 is 5.97 Å². The minimum absolute atomic E-state index is 0.203. The Kier molecular flexibility index (Phi) is 3.51. The second-order valence-electron chi connectivity index (χ2n) is 5.62. The molecule has 0 saturated heterocycles. The number of rotatable bonds is 4. The van der Waals surface area contributed by atoms with E-state index in [-0.39, 0.29) is 6.54 Å². The number of fused-ring (bicyclic) bond motifs is 1. The van der Waals surface area contributed by atoms with Crippen molar-refractivity contribution in [3.8, 4) is 0 Å². The number of imidazole rings is 1. The Morgan fingerprint density at radius 3 is 2.71 bits per heavy atom. The summed E-state index contributed by atoms with van der Waals surface area (Å²) in [7, 11) is 0. The first-order valence-corrected chi connectivity index (χ1v) is 7.22. The van der Waals surface area contributed by atoms with E-state index >= 15 is 0 Å². The molecule has 1 aromatic heterocycles. The van der Waals surface area contributed by atoms with Crippen molar-refractivity contribution in [1.29, 1.82) is 0 Å². The minimum atomic E-state index is -1.44. The fourth-order valence-electron chi connectivity index (χ4n) is 2.95. The van der Waals surface area contributed by atoms with Crippen molar-refractivity contribution in [3.63, 3.8) is 0 Å². The van der Waals surface area contributed by atoms with Crippen molar-refractivity contribution in [3.05, 3.63) is 53.6 Å². The zero-order chi connectivity index (χ0) is 14.9. The van der Waals surface area contributed by atoms with Crippen LogP contribution in [0.15, 0.2) is 36.7 Å². The summed E-state index contributed by atoms with van der Waals surface area (Å²) in [6, 6.07) is 8.99. The standard InChI is InChI=1S/C16H19N3O2/c17-16(15(20)21,12-6-2-1-3-7-12)10-19-11-18-13-8-4-5-9-14(13)19/h1-3,6-7,11H,4-5,8-10,17H2,(H,20,21). The maximum Gasteiger partial charge on any atom is 0.330 e. The quantitative estimate of drug-likeness (QED) is 0.896.